The summed E-state index contributed by atoms with van der Waals surface area (Å²) < 4.78 is 5.04. The number of aromatic nitrogens is 4. The number of nitrogens with zero attached hydrogens (tertiary/aromatic N) is 4. The molecular formula is C16H15N7O5. The van der Waals surface area contributed by atoms with Crippen LogP contribution in [0.3, 0.4) is 0 Å². The first-order valence-corrected chi connectivity index (χ1v) is 7.84. The van der Waals surface area contributed by atoms with Crippen LogP contribution in [0.25, 0.3) is 11.2 Å². The minimum absolute atomic E-state index is 0.00224. The standard InChI is InChI=1S/C16H15N7O5/c17-13-12-14(23-16(18)22-13)20-5-8(21-12)4-19-7-1-2-9(15(26)27)10(3-7)28-6-11(24)25/h1-3,5,19H,4,6H2,(H,24,25)(H,26,27)(H4,17,18,20,22,23). The Morgan fingerprint density at radius 1 is 1.14 bits per heavy atom. The molecule has 0 fully saturated rings. The van der Waals surface area contributed by atoms with Crippen LogP contribution in [0.1, 0.15) is 16.1 Å². The molecule has 0 saturated heterocycles. The monoisotopic (exact) mass is 385 g/mol. The largest absolute Gasteiger partial charge is 0.481 e. The molecule has 3 aromatic rings. The van der Waals surface area contributed by atoms with Crippen molar-refractivity contribution in [2.75, 3.05) is 23.4 Å². The Morgan fingerprint density at radius 3 is 2.64 bits per heavy atom. The topological polar surface area (TPSA) is 199 Å². The molecule has 2 heterocycles. The van der Waals surface area contributed by atoms with Gasteiger partial charge in [0.1, 0.15) is 11.3 Å². The third-order valence-corrected chi connectivity index (χ3v) is 3.54. The molecule has 0 unspecified atom stereocenters. The van der Waals surface area contributed by atoms with E-state index in [1.807, 2.05) is 0 Å². The summed E-state index contributed by atoms with van der Waals surface area (Å²) in [4.78, 5) is 38.2. The van der Waals surface area contributed by atoms with Gasteiger partial charge < -0.3 is 31.7 Å². The van der Waals surface area contributed by atoms with Crippen molar-refractivity contribution in [2.45, 2.75) is 6.54 Å². The molecule has 144 valence electrons. The number of carboxylic acid groups (broad SMARTS) is 2. The van der Waals surface area contributed by atoms with Gasteiger partial charge in [0.15, 0.2) is 23.6 Å². The second kappa shape index (κ2) is 7.57. The van der Waals surface area contributed by atoms with E-state index in [1.165, 1.54) is 24.4 Å². The van der Waals surface area contributed by atoms with E-state index in [9.17, 15) is 14.7 Å². The van der Waals surface area contributed by atoms with E-state index in [-0.39, 0.29) is 35.3 Å². The van der Waals surface area contributed by atoms with E-state index in [0.29, 0.717) is 16.9 Å². The zero-order valence-electron chi connectivity index (χ0n) is 14.3. The molecule has 12 heteroatoms. The number of aliphatic carboxylic acids is 1. The predicted octanol–water partition coefficient (Wildman–Crippen LogP) is 0.358. The van der Waals surface area contributed by atoms with Crippen LogP contribution < -0.4 is 21.5 Å². The van der Waals surface area contributed by atoms with Crippen LogP contribution in [-0.2, 0) is 11.3 Å². The van der Waals surface area contributed by atoms with Crippen molar-refractivity contribution in [3.63, 3.8) is 0 Å². The van der Waals surface area contributed by atoms with Crippen molar-refractivity contribution in [3.05, 3.63) is 35.7 Å². The number of carbonyl (C=O) groups is 2. The van der Waals surface area contributed by atoms with Crippen LogP contribution in [0.4, 0.5) is 17.5 Å². The molecule has 28 heavy (non-hydrogen) atoms. The summed E-state index contributed by atoms with van der Waals surface area (Å²) in [5.74, 6) is -2.43. The second-order valence-electron chi connectivity index (χ2n) is 5.55. The van der Waals surface area contributed by atoms with Gasteiger partial charge in [-0.3, -0.25) is 0 Å². The Balaban J connectivity index is 1.80. The first-order chi connectivity index (χ1) is 13.3. The van der Waals surface area contributed by atoms with Gasteiger partial charge in [-0.25, -0.2) is 19.6 Å². The van der Waals surface area contributed by atoms with E-state index in [1.54, 1.807) is 0 Å². The third-order valence-electron chi connectivity index (χ3n) is 3.54. The molecule has 3 rings (SSSR count). The summed E-state index contributed by atoms with van der Waals surface area (Å²) >= 11 is 0. The minimum atomic E-state index is -1.23. The fraction of sp³-hybridized carbons (Fsp3) is 0.125. The van der Waals surface area contributed by atoms with E-state index in [4.69, 9.17) is 21.3 Å². The fourth-order valence-corrected chi connectivity index (χ4v) is 2.33. The molecule has 0 amide bonds. The number of hydrogen-bond acceptors (Lipinski definition) is 10. The normalized spacial score (nSPS) is 10.6. The highest BCUT2D eigenvalue weighted by molar-refractivity contribution is 5.91. The molecule has 0 spiro atoms. The molecular weight excluding hydrogens is 370 g/mol. The average molecular weight is 385 g/mol. The van der Waals surface area contributed by atoms with Crippen LogP contribution in [0.2, 0.25) is 0 Å². The lowest BCUT2D eigenvalue weighted by Crippen LogP contribution is -2.12. The van der Waals surface area contributed by atoms with E-state index in [2.05, 4.69) is 25.3 Å². The lowest BCUT2D eigenvalue weighted by Gasteiger charge is -2.11. The van der Waals surface area contributed by atoms with Crippen molar-refractivity contribution in [3.8, 4) is 5.75 Å². The lowest BCUT2D eigenvalue weighted by molar-refractivity contribution is -0.139. The van der Waals surface area contributed by atoms with Gasteiger partial charge in [0.2, 0.25) is 5.95 Å². The van der Waals surface area contributed by atoms with Gasteiger partial charge in [0.25, 0.3) is 0 Å². The first-order valence-electron chi connectivity index (χ1n) is 7.84. The summed E-state index contributed by atoms with van der Waals surface area (Å²) in [7, 11) is 0. The van der Waals surface area contributed by atoms with Crippen LogP contribution >= 0.6 is 0 Å². The van der Waals surface area contributed by atoms with Gasteiger partial charge in [0, 0.05) is 11.8 Å². The number of fused-ring (bicyclic) bond motifs is 1. The fourth-order valence-electron chi connectivity index (χ4n) is 2.33. The molecule has 0 aliphatic rings. The van der Waals surface area contributed by atoms with Crippen LogP contribution in [0.15, 0.2) is 24.4 Å². The molecule has 2 aromatic heterocycles. The number of ether oxygens (including phenoxy) is 1. The van der Waals surface area contributed by atoms with E-state index >= 15 is 0 Å². The molecule has 0 aliphatic carbocycles. The summed E-state index contributed by atoms with van der Waals surface area (Å²) in [5.41, 5.74) is 12.7. The van der Waals surface area contributed by atoms with Gasteiger partial charge in [-0.15, -0.1) is 0 Å². The molecule has 12 nitrogen and oxygen atoms in total. The Bertz CT molecular complexity index is 1070. The predicted molar refractivity (Wildman–Crippen MR) is 97.8 cm³/mol. The maximum absolute atomic E-state index is 11.2. The van der Waals surface area contributed by atoms with Gasteiger partial charge in [-0.2, -0.15) is 9.97 Å². The molecule has 0 saturated carbocycles. The highest BCUT2D eigenvalue weighted by Gasteiger charge is 2.14. The smallest absolute Gasteiger partial charge is 0.341 e. The number of carboxylic acids is 2. The van der Waals surface area contributed by atoms with Gasteiger partial charge >= 0.3 is 11.9 Å². The van der Waals surface area contributed by atoms with E-state index < -0.39 is 18.5 Å². The zero-order chi connectivity index (χ0) is 20.3. The van der Waals surface area contributed by atoms with Crippen molar-refractivity contribution >= 4 is 40.6 Å². The molecule has 7 N–H and O–H groups in total. The third kappa shape index (κ3) is 4.12. The first kappa shape index (κ1) is 18.6. The Kier molecular flexibility index (Phi) is 5.02. The maximum Gasteiger partial charge on any atom is 0.341 e. The molecule has 1 aromatic carbocycles. The molecule has 0 bridgehead atoms. The number of anilines is 3. The minimum Gasteiger partial charge on any atom is -0.481 e. The van der Waals surface area contributed by atoms with Crippen LogP contribution in [0, 0.1) is 0 Å². The van der Waals surface area contributed by atoms with Gasteiger partial charge in [-0.05, 0) is 12.1 Å². The van der Waals surface area contributed by atoms with Crippen molar-refractivity contribution in [2.24, 2.45) is 0 Å². The number of nitrogens with one attached hydrogen (secondary N) is 1. The van der Waals surface area contributed by atoms with Crippen LogP contribution in [0.5, 0.6) is 5.75 Å². The number of hydrogen-bond donors (Lipinski definition) is 5. The van der Waals surface area contributed by atoms with E-state index in [0.717, 1.165) is 0 Å². The average Bonchev–Trinajstić information content (AvgIpc) is 2.64. The number of rotatable bonds is 7. The molecule has 0 atom stereocenters. The maximum atomic E-state index is 11.2. The summed E-state index contributed by atoms with van der Waals surface area (Å²) in [6, 6.07) is 4.21. The molecule has 0 radical (unpaired) electrons. The zero-order valence-corrected chi connectivity index (χ0v) is 14.3. The number of aromatic carboxylic acids is 1. The quantitative estimate of drug-likeness (QED) is 0.374. The summed E-state index contributed by atoms with van der Waals surface area (Å²) in [6.07, 6.45) is 1.48. The van der Waals surface area contributed by atoms with Crippen molar-refractivity contribution in [1.29, 1.82) is 0 Å². The van der Waals surface area contributed by atoms with Crippen molar-refractivity contribution in [1.82, 2.24) is 19.9 Å². The molecule has 0 aliphatic heterocycles. The Labute approximate surface area is 157 Å². The van der Waals surface area contributed by atoms with Gasteiger partial charge in [-0.1, -0.05) is 0 Å². The highest BCUT2D eigenvalue weighted by Crippen LogP contribution is 2.24. The number of benzene rings is 1. The van der Waals surface area contributed by atoms with Gasteiger partial charge in [0.05, 0.1) is 18.4 Å². The summed E-state index contributed by atoms with van der Waals surface area (Å²) in [6.45, 7) is -0.445. The number of nitrogen functional groups attached to an aromatic ring is 2. The number of nitrogens with two attached hydrogens (primary N) is 2. The SMILES string of the molecule is Nc1nc(N)c2nc(CNc3ccc(C(=O)O)c(OCC(=O)O)c3)cnc2n1. The Hall–Kier alpha value is -4.22. The lowest BCUT2D eigenvalue weighted by atomic mass is 10.2. The summed E-state index contributed by atoms with van der Waals surface area (Å²) in [5, 5.41) is 20.9. The highest BCUT2D eigenvalue weighted by atomic mass is 16.5. The van der Waals surface area contributed by atoms with Crippen LogP contribution in [-0.4, -0.2) is 48.7 Å². The van der Waals surface area contributed by atoms with Crippen molar-refractivity contribution < 1.29 is 24.5 Å². The second-order valence-corrected chi connectivity index (χ2v) is 5.55. The Morgan fingerprint density at radius 2 is 1.93 bits per heavy atom.